The van der Waals surface area contributed by atoms with Gasteiger partial charge in [-0.15, -0.1) is 5.10 Å². The standard InChI is InChI=1S/C34H34F3N5OS2/c1-22(2)28-17-12-23(3)18-29(28)42-31(43)20-45-33(42)39-30(44)11-6-4-5-8-24-9-7-10-25(19-24)32-38-21-41(40-32)27-15-13-26(14-16-27)34(35,36)37/h7,9-10,12-19,21-22H,4-6,8,11,20H2,1-3H3. The quantitative estimate of drug-likeness (QED) is 0.127. The number of carbonyl (C=O) groups is 1. The first kappa shape index (κ1) is 32.6. The fraction of sp³-hybridized carbons (Fsp3) is 0.324. The lowest BCUT2D eigenvalue weighted by Crippen LogP contribution is -2.31. The molecule has 0 unspecified atom stereocenters. The van der Waals surface area contributed by atoms with Crippen molar-refractivity contribution in [1.29, 1.82) is 0 Å². The van der Waals surface area contributed by atoms with Gasteiger partial charge in [-0.05, 0) is 85.2 Å². The summed E-state index contributed by atoms with van der Waals surface area (Å²) in [5, 5.41) is 5.13. The zero-order chi connectivity index (χ0) is 32.1. The number of thioether (sulfide) groups is 1. The van der Waals surface area contributed by atoms with Gasteiger partial charge >= 0.3 is 6.18 Å². The first-order valence-electron chi connectivity index (χ1n) is 14.9. The van der Waals surface area contributed by atoms with E-state index in [2.05, 4.69) is 42.1 Å². The molecule has 2 heterocycles. The van der Waals surface area contributed by atoms with E-state index in [1.165, 1.54) is 34.9 Å². The molecule has 234 valence electrons. The smallest absolute Gasteiger partial charge is 0.273 e. The maximum absolute atomic E-state index is 12.9. The fourth-order valence-corrected chi connectivity index (χ4v) is 6.33. The van der Waals surface area contributed by atoms with E-state index in [9.17, 15) is 18.0 Å². The van der Waals surface area contributed by atoms with Gasteiger partial charge in [0.25, 0.3) is 0 Å². The first-order valence-corrected chi connectivity index (χ1v) is 16.3. The summed E-state index contributed by atoms with van der Waals surface area (Å²) in [4.78, 5) is 24.3. The molecule has 4 aromatic rings. The number of aromatic nitrogens is 3. The van der Waals surface area contributed by atoms with Crippen LogP contribution in [0.3, 0.4) is 0 Å². The lowest BCUT2D eigenvalue weighted by Gasteiger charge is -2.22. The number of alkyl halides is 3. The third kappa shape index (κ3) is 8.07. The maximum Gasteiger partial charge on any atom is 0.416 e. The Bertz CT molecular complexity index is 1710. The number of thiocarbonyl (C=S) groups is 1. The Morgan fingerprint density at radius 2 is 1.82 bits per heavy atom. The predicted molar refractivity (Wildman–Crippen MR) is 179 cm³/mol. The molecule has 3 aromatic carbocycles. The number of aryl methyl sites for hydroxylation is 2. The average Bonchev–Trinajstić information content (AvgIpc) is 3.64. The Kier molecular flexibility index (Phi) is 10.2. The summed E-state index contributed by atoms with van der Waals surface area (Å²) in [6, 6.07) is 19.0. The van der Waals surface area contributed by atoms with E-state index < -0.39 is 11.7 Å². The molecule has 1 aliphatic heterocycles. The topological polar surface area (TPSA) is 63.4 Å². The molecule has 1 aromatic heterocycles. The molecule has 1 fully saturated rings. The number of hydrogen-bond donors (Lipinski definition) is 0. The van der Waals surface area contributed by atoms with Crippen molar-refractivity contribution in [3.8, 4) is 17.1 Å². The summed E-state index contributed by atoms with van der Waals surface area (Å²) in [7, 11) is 0. The maximum atomic E-state index is 12.9. The highest BCUT2D eigenvalue weighted by Gasteiger charge is 2.32. The number of carbonyl (C=O) groups excluding carboxylic acids is 1. The van der Waals surface area contributed by atoms with Crippen LogP contribution in [0.15, 0.2) is 78.0 Å². The number of anilines is 1. The van der Waals surface area contributed by atoms with E-state index in [0.717, 1.165) is 65.8 Å². The Balaban J connectivity index is 1.14. The number of amides is 1. The van der Waals surface area contributed by atoms with Gasteiger partial charge in [0.15, 0.2) is 11.0 Å². The van der Waals surface area contributed by atoms with Crippen LogP contribution in [-0.2, 0) is 17.4 Å². The Morgan fingerprint density at radius 1 is 1.04 bits per heavy atom. The van der Waals surface area contributed by atoms with E-state index >= 15 is 0 Å². The minimum atomic E-state index is -4.38. The summed E-state index contributed by atoms with van der Waals surface area (Å²) in [6.45, 7) is 6.27. The van der Waals surface area contributed by atoms with Crippen molar-refractivity contribution >= 4 is 45.7 Å². The highest BCUT2D eigenvalue weighted by molar-refractivity contribution is 8.15. The van der Waals surface area contributed by atoms with Gasteiger partial charge < -0.3 is 0 Å². The van der Waals surface area contributed by atoms with Gasteiger partial charge in [-0.3, -0.25) is 9.69 Å². The van der Waals surface area contributed by atoms with Crippen molar-refractivity contribution in [2.45, 2.75) is 65.0 Å². The minimum absolute atomic E-state index is 0.0258. The Morgan fingerprint density at radius 3 is 2.56 bits per heavy atom. The fourth-order valence-electron chi connectivity index (χ4n) is 5.15. The summed E-state index contributed by atoms with van der Waals surface area (Å²) in [5.41, 5.74) is 4.89. The van der Waals surface area contributed by atoms with E-state index in [0.29, 0.717) is 33.8 Å². The molecule has 0 N–H and O–H groups in total. The van der Waals surface area contributed by atoms with Gasteiger partial charge in [0, 0.05) is 12.0 Å². The van der Waals surface area contributed by atoms with Crippen LogP contribution < -0.4 is 4.90 Å². The summed E-state index contributed by atoms with van der Waals surface area (Å²) < 4.78 is 40.1. The monoisotopic (exact) mass is 649 g/mol. The summed E-state index contributed by atoms with van der Waals surface area (Å²) in [6.07, 6.45) is 1.51. The highest BCUT2D eigenvalue weighted by atomic mass is 32.2. The molecular weight excluding hydrogens is 616 g/mol. The molecular formula is C34H34F3N5OS2. The number of amidine groups is 1. The number of hydrogen-bond acceptors (Lipinski definition) is 5. The van der Waals surface area contributed by atoms with Crippen molar-refractivity contribution in [2.24, 2.45) is 4.99 Å². The van der Waals surface area contributed by atoms with Crippen molar-refractivity contribution in [1.82, 2.24) is 14.8 Å². The molecule has 0 saturated carbocycles. The molecule has 1 amide bonds. The minimum Gasteiger partial charge on any atom is -0.273 e. The molecule has 6 nitrogen and oxygen atoms in total. The van der Waals surface area contributed by atoms with Crippen LogP contribution in [0.5, 0.6) is 0 Å². The number of nitrogens with zero attached hydrogens (tertiary/aromatic N) is 5. The molecule has 11 heteroatoms. The lowest BCUT2D eigenvalue weighted by molar-refractivity contribution is -0.137. The van der Waals surface area contributed by atoms with E-state index in [4.69, 9.17) is 17.2 Å². The number of unbranched alkanes of at least 4 members (excludes halogenated alkanes) is 2. The van der Waals surface area contributed by atoms with E-state index in [-0.39, 0.29) is 11.8 Å². The van der Waals surface area contributed by atoms with Crippen molar-refractivity contribution < 1.29 is 18.0 Å². The van der Waals surface area contributed by atoms with Gasteiger partial charge in [-0.1, -0.05) is 74.6 Å². The van der Waals surface area contributed by atoms with Crippen molar-refractivity contribution in [2.75, 3.05) is 10.7 Å². The molecule has 1 aliphatic rings. The second-order valence-corrected chi connectivity index (χ2v) is 12.8. The second-order valence-electron chi connectivity index (χ2n) is 11.3. The number of aliphatic imine (C=N–C) groups is 1. The Labute approximate surface area is 270 Å². The number of benzene rings is 3. The molecule has 0 aliphatic carbocycles. The third-order valence-electron chi connectivity index (χ3n) is 7.53. The molecule has 0 bridgehead atoms. The van der Waals surface area contributed by atoms with Crippen LogP contribution in [-0.4, -0.2) is 36.6 Å². The SMILES string of the molecule is Cc1ccc(C(C)C)c(N2C(=O)CSC2=NC(=S)CCCCCc2cccc(-c3ncn(-c4ccc(C(F)(F)F)cc4)n3)c2)c1. The van der Waals surface area contributed by atoms with E-state index in [1.807, 2.05) is 31.2 Å². The predicted octanol–water partition coefficient (Wildman–Crippen LogP) is 8.95. The zero-order valence-electron chi connectivity index (χ0n) is 25.3. The van der Waals surface area contributed by atoms with Gasteiger partial charge in [-0.2, -0.15) is 13.2 Å². The molecule has 45 heavy (non-hydrogen) atoms. The largest absolute Gasteiger partial charge is 0.416 e. The van der Waals surface area contributed by atoms with Gasteiger partial charge in [0.05, 0.1) is 22.7 Å². The van der Waals surface area contributed by atoms with E-state index in [1.54, 1.807) is 4.90 Å². The highest BCUT2D eigenvalue weighted by Crippen LogP contribution is 2.34. The number of halogens is 3. The summed E-state index contributed by atoms with van der Waals surface area (Å²) in [5.74, 6) is 1.16. The van der Waals surface area contributed by atoms with Crippen LogP contribution in [0.25, 0.3) is 17.1 Å². The van der Waals surface area contributed by atoms with Crippen LogP contribution in [0.4, 0.5) is 18.9 Å². The lowest BCUT2D eigenvalue weighted by atomic mass is 9.99. The van der Waals surface area contributed by atoms with Crippen LogP contribution >= 0.6 is 24.0 Å². The molecule has 0 radical (unpaired) electrons. The molecule has 0 atom stereocenters. The average molecular weight is 650 g/mol. The van der Waals surface area contributed by atoms with Crippen molar-refractivity contribution in [3.05, 3.63) is 95.3 Å². The van der Waals surface area contributed by atoms with Crippen LogP contribution in [0.2, 0.25) is 0 Å². The molecule has 0 spiro atoms. The summed E-state index contributed by atoms with van der Waals surface area (Å²) >= 11 is 7.05. The van der Waals surface area contributed by atoms with Gasteiger partial charge in [0.1, 0.15) is 11.3 Å². The van der Waals surface area contributed by atoms with Crippen molar-refractivity contribution in [3.63, 3.8) is 0 Å². The third-order valence-corrected chi connectivity index (χ3v) is 8.75. The molecule has 5 rings (SSSR count). The number of rotatable bonds is 10. The van der Waals surface area contributed by atoms with Gasteiger partial charge in [-0.25, -0.2) is 14.7 Å². The molecule has 1 saturated heterocycles. The Hall–Kier alpha value is -3.83. The second kappa shape index (κ2) is 14.1. The zero-order valence-corrected chi connectivity index (χ0v) is 27.0. The first-order chi connectivity index (χ1) is 21.5. The van der Waals surface area contributed by atoms with Crippen LogP contribution in [0.1, 0.15) is 67.7 Å². The normalized spacial score (nSPS) is 14.6. The van der Waals surface area contributed by atoms with Gasteiger partial charge in [0.2, 0.25) is 5.91 Å². The van der Waals surface area contributed by atoms with Crippen LogP contribution in [0, 0.1) is 6.92 Å².